The van der Waals surface area contributed by atoms with Gasteiger partial charge in [-0.25, -0.2) is 0 Å². The van der Waals surface area contributed by atoms with E-state index in [-0.39, 0.29) is 0 Å². The van der Waals surface area contributed by atoms with Crippen LogP contribution in [0.5, 0.6) is 0 Å². The average Bonchev–Trinajstić information content (AvgIpc) is 2.45. The van der Waals surface area contributed by atoms with Crippen LogP contribution in [0.1, 0.15) is 39.5 Å². The summed E-state index contributed by atoms with van der Waals surface area (Å²) in [6.07, 6.45) is 5.06. The predicted octanol–water partition coefficient (Wildman–Crippen LogP) is 1.93. The molecular weight excluding hydrogens is 236 g/mol. The van der Waals surface area contributed by atoms with Crippen LogP contribution in [0.3, 0.4) is 0 Å². The van der Waals surface area contributed by atoms with E-state index in [1.165, 1.54) is 38.8 Å². The molecule has 4 heteroatoms. The summed E-state index contributed by atoms with van der Waals surface area (Å²) >= 11 is 0. The molecule has 0 aromatic carbocycles. The summed E-state index contributed by atoms with van der Waals surface area (Å²) < 4.78 is 0. The van der Waals surface area contributed by atoms with E-state index in [1.807, 2.05) is 7.05 Å². The Morgan fingerprint density at radius 1 is 1.21 bits per heavy atom. The molecule has 1 rings (SSSR count). The summed E-state index contributed by atoms with van der Waals surface area (Å²) in [7, 11) is 4.07. The molecule has 1 aliphatic rings. The average molecular weight is 268 g/mol. The normalized spacial score (nSPS) is 18.9. The first-order chi connectivity index (χ1) is 9.19. The molecule has 0 saturated carbocycles. The zero-order valence-corrected chi connectivity index (χ0v) is 13.2. The number of aliphatic imine (C=N–C) groups is 1. The quantitative estimate of drug-likeness (QED) is 0.571. The highest BCUT2D eigenvalue weighted by Gasteiger charge is 2.16. The van der Waals surface area contributed by atoms with Gasteiger partial charge in [-0.1, -0.05) is 26.7 Å². The number of hydrogen-bond donors (Lipinski definition) is 2. The molecular formula is C15H32N4. The summed E-state index contributed by atoms with van der Waals surface area (Å²) in [5, 5.41) is 6.93. The van der Waals surface area contributed by atoms with Gasteiger partial charge in [0, 0.05) is 20.1 Å². The van der Waals surface area contributed by atoms with Crippen LogP contribution in [0.15, 0.2) is 4.99 Å². The molecule has 1 aliphatic heterocycles. The molecule has 0 amide bonds. The minimum atomic E-state index is 0.752. The number of nitrogens with zero attached hydrogens (tertiary/aromatic N) is 2. The second kappa shape index (κ2) is 9.18. The number of piperidine rings is 1. The lowest BCUT2D eigenvalue weighted by Crippen LogP contribution is -2.43. The smallest absolute Gasteiger partial charge is 0.190 e. The minimum Gasteiger partial charge on any atom is -0.356 e. The zero-order chi connectivity index (χ0) is 14.1. The van der Waals surface area contributed by atoms with E-state index in [2.05, 4.69) is 41.4 Å². The van der Waals surface area contributed by atoms with Gasteiger partial charge in [-0.05, 0) is 44.8 Å². The Bertz CT molecular complexity index is 253. The largest absolute Gasteiger partial charge is 0.356 e. The fraction of sp³-hybridized carbons (Fsp3) is 0.933. The van der Waals surface area contributed by atoms with Crippen molar-refractivity contribution in [3.8, 4) is 0 Å². The summed E-state index contributed by atoms with van der Waals surface area (Å²) in [5.74, 6) is 2.51. The van der Waals surface area contributed by atoms with Gasteiger partial charge in [0.2, 0.25) is 0 Å². The van der Waals surface area contributed by atoms with Crippen molar-refractivity contribution in [1.82, 2.24) is 15.5 Å². The third-order valence-electron chi connectivity index (χ3n) is 4.33. The lowest BCUT2D eigenvalue weighted by atomic mass is 9.97. The van der Waals surface area contributed by atoms with E-state index in [1.54, 1.807) is 0 Å². The van der Waals surface area contributed by atoms with Gasteiger partial charge in [0.05, 0.1) is 0 Å². The van der Waals surface area contributed by atoms with Crippen molar-refractivity contribution in [2.75, 3.05) is 40.3 Å². The van der Waals surface area contributed by atoms with E-state index < -0.39 is 0 Å². The van der Waals surface area contributed by atoms with Crippen LogP contribution < -0.4 is 10.6 Å². The molecule has 0 radical (unpaired) electrons. The number of nitrogens with one attached hydrogen (secondary N) is 2. The third-order valence-corrected chi connectivity index (χ3v) is 4.33. The van der Waals surface area contributed by atoms with Crippen LogP contribution in [0.2, 0.25) is 0 Å². The van der Waals surface area contributed by atoms with Crippen LogP contribution >= 0.6 is 0 Å². The van der Waals surface area contributed by atoms with E-state index >= 15 is 0 Å². The standard InChI is InChI=1S/C15H32N4/c1-5-13(6-2)11-17-15(16-3)18-12-14-7-9-19(4)10-8-14/h13-14H,5-12H2,1-4H3,(H2,16,17,18). The summed E-state index contributed by atoms with van der Waals surface area (Å²) in [6.45, 7) is 9.05. The van der Waals surface area contributed by atoms with E-state index in [4.69, 9.17) is 0 Å². The molecule has 1 fully saturated rings. The number of guanidine groups is 1. The lowest BCUT2D eigenvalue weighted by Gasteiger charge is -2.29. The van der Waals surface area contributed by atoms with Gasteiger partial charge in [0.15, 0.2) is 5.96 Å². The second-order valence-electron chi connectivity index (χ2n) is 5.76. The van der Waals surface area contributed by atoms with Gasteiger partial charge >= 0.3 is 0 Å². The Morgan fingerprint density at radius 2 is 1.84 bits per heavy atom. The summed E-state index contributed by atoms with van der Waals surface area (Å²) in [6, 6.07) is 0. The highest BCUT2D eigenvalue weighted by molar-refractivity contribution is 5.79. The SMILES string of the molecule is CCC(CC)CNC(=NC)NCC1CCN(C)CC1. The van der Waals surface area contributed by atoms with Gasteiger partial charge in [-0.3, -0.25) is 4.99 Å². The maximum absolute atomic E-state index is 4.31. The van der Waals surface area contributed by atoms with Crippen molar-refractivity contribution >= 4 is 5.96 Å². The monoisotopic (exact) mass is 268 g/mol. The Morgan fingerprint density at radius 3 is 2.37 bits per heavy atom. The van der Waals surface area contributed by atoms with Gasteiger partial charge in [0.25, 0.3) is 0 Å². The van der Waals surface area contributed by atoms with Gasteiger partial charge < -0.3 is 15.5 Å². The lowest BCUT2D eigenvalue weighted by molar-refractivity contribution is 0.220. The summed E-state index contributed by atoms with van der Waals surface area (Å²) in [4.78, 5) is 6.73. The third kappa shape index (κ3) is 6.28. The Hall–Kier alpha value is -0.770. The van der Waals surface area contributed by atoms with Gasteiger partial charge in [0.1, 0.15) is 0 Å². The van der Waals surface area contributed by atoms with Crippen molar-refractivity contribution < 1.29 is 0 Å². The predicted molar refractivity (Wildman–Crippen MR) is 83.7 cm³/mol. The van der Waals surface area contributed by atoms with Crippen molar-refractivity contribution in [3.05, 3.63) is 0 Å². The molecule has 0 aliphatic carbocycles. The summed E-state index contributed by atoms with van der Waals surface area (Å²) in [5.41, 5.74) is 0. The molecule has 1 saturated heterocycles. The fourth-order valence-corrected chi connectivity index (χ4v) is 2.55. The molecule has 0 aromatic heterocycles. The van der Waals surface area contributed by atoms with E-state index in [9.17, 15) is 0 Å². The molecule has 0 atom stereocenters. The van der Waals surface area contributed by atoms with E-state index in [0.29, 0.717) is 0 Å². The Kier molecular flexibility index (Phi) is 7.87. The van der Waals surface area contributed by atoms with E-state index in [0.717, 1.165) is 30.9 Å². The molecule has 19 heavy (non-hydrogen) atoms. The molecule has 0 aromatic rings. The molecule has 2 N–H and O–H groups in total. The van der Waals surface area contributed by atoms with Crippen LogP contribution in [0.25, 0.3) is 0 Å². The first kappa shape index (κ1) is 16.3. The Balaban J connectivity index is 2.21. The van der Waals surface area contributed by atoms with Gasteiger partial charge in [-0.2, -0.15) is 0 Å². The zero-order valence-electron chi connectivity index (χ0n) is 13.2. The highest BCUT2D eigenvalue weighted by Crippen LogP contribution is 2.14. The molecule has 0 spiro atoms. The molecule has 0 bridgehead atoms. The molecule has 112 valence electrons. The fourth-order valence-electron chi connectivity index (χ4n) is 2.55. The number of hydrogen-bond acceptors (Lipinski definition) is 2. The van der Waals surface area contributed by atoms with Crippen LogP contribution in [0.4, 0.5) is 0 Å². The molecule has 1 heterocycles. The first-order valence-corrected chi connectivity index (χ1v) is 7.82. The van der Waals surface area contributed by atoms with Crippen molar-refractivity contribution in [2.24, 2.45) is 16.8 Å². The topological polar surface area (TPSA) is 39.7 Å². The van der Waals surface area contributed by atoms with Gasteiger partial charge in [-0.15, -0.1) is 0 Å². The van der Waals surface area contributed by atoms with Crippen molar-refractivity contribution in [3.63, 3.8) is 0 Å². The highest BCUT2D eigenvalue weighted by atomic mass is 15.2. The van der Waals surface area contributed by atoms with Crippen LogP contribution in [0, 0.1) is 11.8 Å². The number of rotatable bonds is 6. The van der Waals surface area contributed by atoms with Crippen LogP contribution in [-0.2, 0) is 0 Å². The second-order valence-corrected chi connectivity index (χ2v) is 5.76. The minimum absolute atomic E-state index is 0.752. The Labute approximate surface area is 119 Å². The van der Waals surface area contributed by atoms with Crippen molar-refractivity contribution in [1.29, 1.82) is 0 Å². The maximum atomic E-state index is 4.31. The number of likely N-dealkylation sites (tertiary alicyclic amines) is 1. The van der Waals surface area contributed by atoms with Crippen molar-refractivity contribution in [2.45, 2.75) is 39.5 Å². The van der Waals surface area contributed by atoms with Crippen LogP contribution in [-0.4, -0.2) is 51.1 Å². The maximum Gasteiger partial charge on any atom is 0.190 e. The molecule has 0 unspecified atom stereocenters. The molecule has 4 nitrogen and oxygen atoms in total. The first-order valence-electron chi connectivity index (χ1n) is 7.82.